The van der Waals surface area contributed by atoms with Crippen LogP contribution in [0.3, 0.4) is 0 Å². The lowest BCUT2D eigenvalue weighted by Crippen LogP contribution is -2.20. The zero-order chi connectivity index (χ0) is 24.8. The Kier molecular flexibility index (Phi) is 9.14. The molecule has 0 aliphatic heterocycles. The van der Waals surface area contributed by atoms with Crippen molar-refractivity contribution in [3.05, 3.63) is 35.9 Å². The van der Waals surface area contributed by atoms with Crippen LogP contribution in [0, 0.1) is 11.2 Å². The van der Waals surface area contributed by atoms with E-state index in [0.717, 1.165) is 66.9 Å². The molecule has 0 amide bonds. The second-order valence-electron chi connectivity index (χ2n) is 9.08. The first-order valence-corrected chi connectivity index (χ1v) is 12.8. The van der Waals surface area contributed by atoms with Crippen LogP contribution in [0.5, 0.6) is 0 Å². The van der Waals surface area contributed by atoms with Gasteiger partial charge in [0.2, 0.25) is 5.65 Å². The average Bonchev–Trinajstić information content (AvgIpc) is 3.17. The number of aryl methyl sites for hydroxylation is 1. The predicted octanol–water partition coefficient (Wildman–Crippen LogP) is 6.81. The second-order valence-corrected chi connectivity index (χ2v) is 10.4. The average molecular weight is 588 g/mol. The third-order valence-electron chi connectivity index (χ3n) is 6.17. The molecule has 6 nitrogen and oxygen atoms in total. The number of hydrogen-bond donors (Lipinski definition) is 3. The Morgan fingerprint density at radius 2 is 1.94 bits per heavy atom. The number of anilines is 1. The number of hydrogen-bond acceptors (Lipinski definition) is 5. The summed E-state index contributed by atoms with van der Waals surface area (Å²) in [6.07, 6.45) is 10.3. The molecule has 0 aliphatic rings. The van der Waals surface area contributed by atoms with E-state index in [1.54, 1.807) is 6.20 Å². The number of alkyl halides is 3. The van der Waals surface area contributed by atoms with Crippen molar-refractivity contribution in [2.45, 2.75) is 69.3 Å². The van der Waals surface area contributed by atoms with E-state index in [2.05, 4.69) is 34.0 Å². The molecular weight excluding hydrogens is 556 g/mol. The lowest BCUT2D eigenvalue weighted by Gasteiger charge is -2.29. The minimum absolute atomic E-state index is 0.0998. The number of nitrogens with one attached hydrogen (secondary N) is 2. The minimum atomic E-state index is -3.28. The number of fused-ring (bicyclic) bond motifs is 1. The SMILES string of the molecule is CCCC(C)(CCN)CCCCCc1cnc2c(-c3cccc(NC(F)(F)I)c3F)[nH]nc2n1. The normalized spacial score (nSPS) is 13.9. The number of unbranched alkanes of at least 4 members (excludes halogenated alkanes) is 2. The Labute approximate surface area is 211 Å². The van der Waals surface area contributed by atoms with Gasteiger partial charge < -0.3 is 11.1 Å². The van der Waals surface area contributed by atoms with Gasteiger partial charge in [0, 0.05) is 34.4 Å². The molecule has 3 aromatic rings. The zero-order valence-corrected chi connectivity index (χ0v) is 21.8. The summed E-state index contributed by atoms with van der Waals surface area (Å²) in [5.41, 5.74) is 7.83. The molecule has 0 aliphatic carbocycles. The summed E-state index contributed by atoms with van der Waals surface area (Å²) in [5.74, 6) is -0.806. The molecule has 0 fully saturated rings. The summed E-state index contributed by atoms with van der Waals surface area (Å²) in [4.78, 5) is 9.00. The first kappa shape index (κ1) is 26.7. The van der Waals surface area contributed by atoms with E-state index in [0.29, 0.717) is 22.3 Å². The molecule has 4 N–H and O–H groups in total. The quantitative estimate of drug-likeness (QED) is 0.0883. The third-order valence-corrected chi connectivity index (χ3v) is 6.44. The molecule has 2 aromatic heterocycles. The van der Waals surface area contributed by atoms with E-state index in [4.69, 9.17) is 5.73 Å². The number of rotatable bonds is 13. The van der Waals surface area contributed by atoms with Gasteiger partial charge in [-0.25, -0.2) is 14.4 Å². The number of benzene rings is 1. The highest BCUT2D eigenvalue weighted by molar-refractivity contribution is 14.1. The van der Waals surface area contributed by atoms with Gasteiger partial charge in [-0.05, 0) is 56.2 Å². The molecular formula is C24H32F3IN6. The minimum Gasteiger partial charge on any atom is -0.330 e. The van der Waals surface area contributed by atoms with E-state index in [-0.39, 0.29) is 11.3 Å². The van der Waals surface area contributed by atoms with Gasteiger partial charge in [-0.15, -0.1) is 0 Å². The molecule has 1 aromatic carbocycles. The van der Waals surface area contributed by atoms with Gasteiger partial charge in [-0.1, -0.05) is 39.2 Å². The van der Waals surface area contributed by atoms with Crippen LogP contribution < -0.4 is 11.1 Å². The fraction of sp³-hybridized carbons (Fsp3) is 0.542. The molecule has 2 heterocycles. The van der Waals surface area contributed by atoms with E-state index in [1.807, 2.05) is 5.32 Å². The van der Waals surface area contributed by atoms with Gasteiger partial charge in [0.25, 0.3) is 0 Å². The van der Waals surface area contributed by atoms with Gasteiger partial charge >= 0.3 is 4.05 Å². The zero-order valence-electron chi connectivity index (χ0n) is 19.6. The van der Waals surface area contributed by atoms with Gasteiger partial charge in [-0.3, -0.25) is 5.10 Å². The van der Waals surface area contributed by atoms with Crippen LogP contribution in [-0.4, -0.2) is 30.8 Å². The van der Waals surface area contributed by atoms with Crippen LogP contribution >= 0.6 is 22.6 Å². The first-order valence-electron chi connectivity index (χ1n) is 11.7. The largest absolute Gasteiger partial charge is 0.374 e. The lowest BCUT2D eigenvalue weighted by molar-refractivity contribution is 0.160. The first-order chi connectivity index (χ1) is 16.2. The maximum Gasteiger partial charge on any atom is 0.374 e. The van der Waals surface area contributed by atoms with Crippen molar-refractivity contribution in [1.82, 2.24) is 20.2 Å². The van der Waals surface area contributed by atoms with Gasteiger partial charge in [0.15, 0.2) is 5.82 Å². The van der Waals surface area contributed by atoms with Crippen molar-refractivity contribution in [3.63, 3.8) is 0 Å². The lowest BCUT2D eigenvalue weighted by atomic mass is 9.78. The number of aromatic amines is 1. The van der Waals surface area contributed by atoms with Crippen LogP contribution in [0.15, 0.2) is 24.4 Å². The summed E-state index contributed by atoms with van der Waals surface area (Å²) in [6, 6.07) is 4.25. The van der Waals surface area contributed by atoms with E-state index in [9.17, 15) is 13.2 Å². The van der Waals surface area contributed by atoms with E-state index < -0.39 is 9.87 Å². The fourth-order valence-electron chi connectivity index (χ4n) is 4.47. The Balaban J connectivity index is 1.64. The molecule has 3 rings (SSSR count). The molecule has 1 atom stereocenters. The number of nitrogens with zero attached hydrogens (tertiary/aromatic N) is 3. The van der Waals surface area contributed by atoms with Crippen LogP contribution in [0.2, 0.25) is 0 Å². The second kappa shape index (κ2) is 11.7. The highest BCUT2D eigenvalue weighted by atomic mass is 127. The Bertz CT molecular complexity index is 1080. The van der Waals surface area contributed by atoms with Crippen molar-refractivity contribution in [3.8, 4) is 11.3 Å². The van der Waals surface area contributed by atoms with Crippen molar-refractivity contribution in [2.75, 3.05) is 11.9 Å². The van der Waals surface area contributed by atoms with Crippen molar-refractivity contribution < 1.29 is 13.2 Å². The maximum absolute atomic E-state index is 14.9. The molecule has 186 valence electrons. The molecule has 0 radical (unpaired) electrons. The number of aromatic nitrogens is 4. The number of H-pyrrole nitrogens is 1. The fourth-order valence-corrected chi connectivity index (χ4v) is 4.77. The summed E-state index contributed by atoms with van der Waals surface area (Å²) >= 11 is 0.908. The van der Waals surface area contributed by atoms with Crippen molar-refractivity contribution in [2.24, 2.45) is 11.1 Å². The number of nitrogens with two attached hydrogens (primary N) is 1. The maximum atomic E-state index is 14.9. The highest BCUT2D eigenvalue weighted by Crippen LogP contribution is 2.34. The molecule has 0 bridgehead atoms. The van der Waals surface area contributed by atoms with E-state index in [1.165, 1.54) is 37.5 Å². The number of halogens is 4. The molecule has 0 spiro atoms. The van der Waals surface area contributed by atoms with Crippen molar-refractivity contribution in [1.29, 1.82) is 0 Å². The van der Waals surface area contributed by atoms with Crippen LogP contribution in [0.1, 0.15) is 64.5 Å². The third kappa shape index (κ3) is 7.03. The summed E-state index contributed by atoms with van der Waals surface area (Å²) < 4.78 is 38.2. The van der Waals surface area contributed by atoms with Crippen LogP contribution in [-0.2, 0) is 6.42 Å². The van der Waals surface area contributed by atoms with Crippen LogP contribution in [0.25, 0.3) is 22.4 Å². The Morgan fingerprint density at radius 3 is 2.65 bits per heavy atom. The molecule has 0 saturated heterocycles. The summed E-state index contributed by atoms with van der Waals surface area (Å²) in [5, 5.41) is 8.80. The van der Waals surface area contributed by atoms with Gasteiger partial charge in [0.05, 0.1) is 17.1 Å². The molecule has 34 heavy (non-hydrogen) atoms. The monoisotopic (exact) mass is 588 g/mol. The topological polar surface area (TPSA) is 92.5 Å². The summed E-state index contributed by atoms with van der Waals surface area (Å²) in [7, 11) is 0. The van der Waals surface area contributed by atoms with Gasteiger partial charge in [-0.2, -0.15) is 13.9 Å². The van der Waals surface area contributed by atoms with Crippen molar-refractivity contribution >= 4 is 39.4 Å². The highest BCUT2D eigenvalue weighted by Gasteiger charge is 2.26. The van der Waals surface area contributed by atoms with Crippen LogP contribution in [0.4, 0.5) is 18.9 Å². The Hall–Kier alpha value is -1.95. The predicted molar refractivity (Wildman–Crippen MR) is 139 cm³/mol. The standard InChI is InChI=1S/C24H32F3IN6/c1-3-11-23(2,13-14-29)12-6-4-5-8-16-15-30-21-20(33-34-22(21)31-16)17-9-7-10-18(19(17)25)32-24(26,27)28/h7,9-10,15,32H,3-6,8,11-14,29H2,1-2H3,(H,31,33,34). The molecule has 1 unspecified atom stereocenters. The summed E-state index contributed by atoms with van der Waals surface area (Å²) in [6.45, 7) is 5.28. The Morgan fingerprint density at radius 1 is 1.15 bits per heavy atom. The molecule has 0 saturated carbocycles. The molecule has 10 heteroatoms. The van der Waals surface area contributed by atoms with Gasteiger partial charge in [0.1, 0.15) is 5.52 Å². The van der Waals surface area contributed by atoms with E-state index >= 15 is 0 Å². The smallest absolute Gasteiger partial charge is 0.330 e.